The van der Waals surface area contributed by atoms with Crippen molar-refractivity contribution in [2.24, 2.45) is 5.73 Å². The highest BCUT2D eigenvalue weighted by molar-refractivity contribution is 6.00. The van der Waals surface area contributed by atoms with Gasteiger partial charge in [0.2, 0.25) is 0 Å². The fourth-order valence-electron chi connectivity index (χ4n) is 3.71. The number of carbonyl (C=O) groups is 1. The molecule has 4 aromatic heterocycles. The molecule has 0 aliphatic rings. The summed E-state index contributed by atoms with van der Waals surface area (Å²) in [7, 11) is 1.77. The van der Waals surface area contributed by atoms with E-state index in [0.717, 1.165) is 5.56 Å². The van der Waals surface area contributed by atoms with E-state index in [-0.39, 0.29) is 11.1 Å². The van der Waals surface area contributed by atoms with Gasteiger partial charge in [-0.15, -0.1) is 0 Å². The lowest BCUT2D eigenvalue weighted by Gasteiger charge is -2.16. The molecule has 0 spiro atoms. The Hall–Kier alpha value is -4.21. The van der Waals surface area contributed by atoms with Crippen LogP contribution >= 0.6 is 0 Å². The van der Waals surface area contributed by atoms with Gasteiger partial charge >= 0.3 is 0 Å². The molecule has 0 aliphatic carbocycles. The highest BCUT2D eigenvalue weighted by atomic mass is 16.1. The summed E-state index contributed by atoms with van der Waals surface area (Å²) in [6.45, 7) is 3.88. The van der Waals surface area contributed by atoms with Crippen molar-refractivity contribution >= 4 is 28.9 Å². The summed E-state index contributed by atoms with van der Waals surface area (Å²) in [6.07, 6.45) is 4.42. The zero-order valence-electron chi connectivity index (χ0n) is 18.1. The van der Waals surface area contributed by atoms with Crippen molar-refractivity contribution in [3.63, 3.8) is 0 Å². The first kappa shape index (κ1) is 21.0. The summed E-state index contributed by atoms with van der Waals surface area (Å²) >= 11 is 0. The lowest BCUT2D eigenvalue weighted by Crippen LogP contribution is -2.22. The topological polar surface area (TPSA) is 132 Å². The number of aryl methyl sites for hydroxylation is 1. The zero-order chi connectivity index (χ0) is 22.8. The second kappa shape index (κ2) is 8.50. The lowest BCUT2D eigenvalue weighted by atomic mass is 10.1. The van der Waals surface area contributed by atoms with Crippen LogP contribution in [-0.4, -0.2) is 37.1 Å². The molecule has 10 nitrogen and oxygen atoms in total. The predicted molar refractivity (Wildman–Crippen MR) is 123 cm³/mol. The van der Waals surface area contributed by atoms with E-state index in [1.807, 2.05) is 19.9 Å². The molecule has 10 heteroatoms. The Morgan fingerprint density at radius 1 is 1.16 bits per heavy atom. The van der Waals surface area contributed by atoms with Crippen LogP contribution in [0.5, 0.6) is 0 Å². The maximum atomic E-state index is 13.1. The number of nitrogens with one attached hydrogen (secondary N) is 2. The second-order valence-electron chi connectivity index (χ2n) is 7.08. The maximum absolute atomic E-state index is 13.1. The van der Waals surface area contributed by atoms with Crippen molar-refractivity contribution in [3.05, 3.63) is 69.9 Å². The van der Waals surface area contributed by atoms with Crippen LogP contribution in [0.25, 0.3) is 11.5 Å². The SMILES string of the molecule is CCc1nn2c(NC)c(CC)c(Nc3cccn(-c4ccccn4)c3=O)nc2c1C(N)=O. The Morgan fingerprint density at radius 3 is 2.59 bits per heavy atom. The van der Waals surface area contributed by atoms with Gasteiger partial charge in [0.05, 0.1) is 5.69 Å². The highest BCUT2D eigenvalue weighted by Gasteiger charge is 2.23. The van der Waals surface area contributed by atoms with E-state index in [4.69, 9.17) is 5.73 Å². The van der Waals surface area contributed by atoms with E-state index in [2.05, 4.69) is 25.7 Å². The Morgan fingerprint density at radius 2 is 1.97 bits per heavy atom. The molecule has 0 atom stereocenters. The third kappa shape index (κ3) is 3.45. The molecule has 0 radical (unpaired) electrons. The van der Waals surface area contributed by atoms with E-state index in [1.165, 1.54) is 4.57 Å². The average molecular weight is 432 g/mol. The van der Waals surface area contributed by atoms with Crippen molar-refractivity contribution in [1.82, 2.24) is 24.1 Å². The van der Waals surface area contributed by atoms with Crippen LogP contribution in [0.3, 0.4) is 0 Å². The third-order valence-electron chi connectivity index (χ3n) is 5.20. The smallest absolute Gasteiger partial charge is 0.279 e. The predicted octanol–water partition coefficient (Wildman–Crippen LogP) is 2.28. The summed E-state index contributed by atoms with van der Waals surface area (Å²) in [5, 5.41) is 10.8. The van der Waals surface area contributed by atoms with Crippen LogP contribution in [0.15, 0.2) is 47.5 Å². The Balaban J connectivity index is 1.91. The molecule has 4 aromatic rings. The zero-order valence-corrected chi connectivity index (χ0v) is 18.1. The molecule has 4 N–H and O–H groups in total. The molecular weight excluding hydrogens is 408 g/mol. The first-order chi connectivity index (χ1) is 15.5. The molecule has 0 unspecified atom stereocenters. The maximum Gasteiger partial charge on any atom is 0.279 e. The third-order valence-corrected chi connectivity index (χ3v) is 5.20. The number of hydrogen-bond acceptors (Lipinski definition) is 7. The van der Waals surface area contributed by atoms with Gasteiger partial charge in [0.25, 0.3) is 11.5 Å². The van der Waals surface area contributed by atoms with Crippen molar-refractivity contribution in [2.75, 3.05) is 17.7 Å². The number of nitrogens with zero attached hydrogens (tertiary/aromatic N) is 5. The molecule has 0 aromatic carbocycles. The summed E-state index contributed by atoms with van der Waals surface area (Å²) < 4.78 is 3.05. The van der Waals surface area contributed by atoms with Gasteiger partial charge in [0, 0.05) is 25.0 Å². The van der Waals surface area contributed by atoms with Gasteiger partial charge in [-0.25, -0.2) is 9.97 Å². The van der Waals surface area contributed by atoms with Crippen LogP contribution in [0.4, 0.5) is 17.3 Å². The number of aromatic nitrogens is 5. The molecule has 0 fully saturated rings. The van der Waals surface area contributed by atoms with Crippen LogP contribution in [-0.2, 0) is 12.8 Å². The van der Waals surface area contributed by atoms with Crippen molar-refractivity contribution < 1.29 is 4.79 Å². The molecular formula is C22H24N8O2. The molecule has 0 aliphatic heterocycles. The number of pyridine rings is 2. The monoisotopic (exact) mass is 432 g/mol. The van der Waals surface area contributed by atoms with Crippen molar-refractivity contribution in [2.45, 2.75) is 26.7 Å². The molecule has 32 heavy (non-hydrogen) atoms. The summed E-state index contributed by atoms with van der Waals surface area (Å²) in [5.74, 6) is 1.03. The molecule has 0 saturated heterocycles. The second-order valence-corrected chi connectivity index (χ2v) is 7.08. The minimum Gasteiger partial charge on any atom is -0.373 e. The van der Waals surface area contributed by atoms with Gasteiger partial charge in [0.15, 0.2) is 5.65 Å². The van der Waals surface area contributed by atoms with Gasteiger partial charge < -0.3 is 16.4 Å². The normalized spacial score (nSPS) is 11.0. The molecule has 0 saturated carbocycles. The minimum absolute atomic E-state index is 0.272. The van der Waals surface area contributed by atoms with E-state index < -0.39 is 5.91 Å². The van der Waals surface area contributed by atoms with Gasteiger partial charge in [-0.1, -0.05) is 19.9 Å². The minimum atomic E-state index is -0.598. The molecule has 1 amide bonds. The average Bonchev–Trinajstić information content (AvgIpc) is 3.18. The molecule has 4 rings (SSSR count). The van der Waals surface area contributed by atoms with E-state index in [1.54, 1.807) is 48.2 Å². The lowest BCUT2D eigenvalue weighted by molar-refractivity contribution is 0.100. The Bertz CT molecular complexity index is 1360. The fraction of sp³-hybridized carbons (Fsp3) is 0.227. The van der Waals surface area contributed by atoms with E-state index in [9.17, 15) is 9.59 Å². The molecule has 4 heterocycles. The first-order valence-corrected chi connectivity index (χ1v) is 10.3. The number of primary amides is 1. The largest absolute Gasteiger partial charge is 0.373 e. The van der Waals surface area contributed by atoms with E-state index >= 15 is 0 Å². The van der Waals surface area contributed by atoms with E-state index in [0.29, 0.717) is 47.3 Å². The highest BCUT2D eigenvalue weighted by Crippen LogP contribution is 2.29. The van der Waals surface area contributed by atoms with Crippen LogP contribution in [0, 0.1) is 0 Å². The Labute approximate surface area is 184 Å². The Kier molecular flexibility index (Phi) is 5.59. The summed E-state index contributed by atoms with van der Waals surface area (Å²) in [4.78, 5) is 34.2. The van der Waals surface area contributed by atoms with Gasteiger partial charge in [-0.3, -0.25) is 14.2 Å². The van der Waals surface area contributed by atoms with Gasteiger partial charge in [0.1, 0.15) is 28.7 Å². The first-order valence-electron chi connectivity index (χ1n) is 10.3. The number of rotatable bonds is 7. The van der Waals surface area contributed by atoms with Crippen LogP contribution in [0.1, 0.15) is 35.5 Å². The quantitative estimate of drug-likeness (QED) is 0.408. The fourth-order valence-corrected chi connectivity index (χ4v) is 3.71. The number of carbonyl (C=O) groups excluding carboxylic acids is 1. The number of fused-ring (bicyclic) bond motifs is 1. The van der Waals surface area contributed by atoms with Crippen molar-refractivity contribution in [3.8, 4) is 5.82 Å². The standard InChI is InChI=1S/C22H24N8O2/c1-4-13-19(26-15-9-8-12-29(22(15)32)16-10-6-7-11-25-16)27-21-17(18(23)31)14(5-2)28-30(21)20(13)24-3/h6-12,24H,4-5H2,1-3H3,(H2,23,31)(H,26,27). The van der Waals surface area contributed by atoms with Gasteiger partial charge in [-0.2, -0.15) is 9.61 Å². The number of anilines is 3. The number of hydrogen-bond donors (Lipinski definition) is 3. The van der Waals surface area contributed by atoms with Crippen LogP contribution in [0.2, 0.25) is 0 Å². The van der Waals surface area contributed by atoms with Gasteiger partial charge in [-0.05, 0) is 37.1 Å². The van der Waals surface area contributed by atoms with Crippen molar-refractivity contribution in [1.29, 1.82) is 0 Å². The number of amides is 1. The summed E-state index contributed by atoms with van der Waals surface area (Å²) in [6, 6.07) is 8.78. The van der Waals surface area contributed by atoms with Crippen LogP contribution < -0.4 is 21.9 Å². The molecule has 164 valence electrons. The molecule has 0 bridgehead atoms. The summed E-state index contributed by atoms with van der Waals surface area (Å²) in [5.41, 5.74) is 7.67. The number of nitrogens with two attached hydrogens (primary N) is 1.